The van der Waals surface area contributed by atoms with Gasteiger partial charge in [-0.2, -0.15) is 0 Å². The van der Waals surface area contributed by atoms with E-state index in [1.165, 1.54) is 0 Å². The molecule has 2 amide bonds. The van der Waals surface area contributed by atoms with Crippen molar-refractivity contribution in [1.29, 1.82) is 0 Å². The number of rotatable bonds is 1. The van der Waals surface area contributed by atoms with Gasteiger partial charge in [-0.15, -0.1) is 0 Å². The first-order valence-corrected chi connectivity index (χ1v) is 4.26. The van der Waals surface area contributed by atoms with E-state index in [4.69, 9.17) is 4.74 Å². The van der Waals surface area contributed by atoms with Gasteiger partial charge in [0.1, 0.15) is 5.60 Å². The molecule has 0 radical (unpaired) electrons. The lowest BCUT2D eigenvalue weighted by atomic mass is 10.2. The van der Waals surface area contributed by atoms with E-state index in [0.29, 0.717) is 0 Å². The lowest BCUT2D eigenvalue weighted by Gasteiger charge is -2.19. The predicted molar refractivity (Wildman–Crippen MR) is 49.2 cm³/mol. The SMILES string of the molecule is CC(C)C(=O)NC(=O)OC(C)(C)C. The normalized spacial score (nSPS) is 11.2. The van der Waals surface area contributed by atoms with Crippen LogP contribution >= 0.6 is 0 Å². The fourth-order valence-corrected chi connectivity index (χ4v) is 0.549. The number of carbonyl (C=O) groups excluding carboxylic acids is 2. The Kier molecular flexibility index (Phi) is 3.91. The largest absolute Gasteiger partial charge is 0.444 e. The van der Waals surface area contributed by atoms with Gasteiger partial charge in [-0.05, 0) is 20.8 Å². The molecule has 0 saturated carbocycles. The van der Waals surface area contributed by atoms with E-state index < -0.39 is 11.7 Å². The quantitative estimate of drug-likeness (QED) is 0.679. The second kappa shape index (κ2) is 4.25. The average Bonchev–Trinajstić information content (AvgIpc) is 1.81. The van der Waals surface area contributed by atoms with Crippen molar-refractivity contribution in [3.05, 3.63) is 0 Å². The zero-order valence-electron chi connectivity index (χ0n) is 8.80. The summed E-state index contributed by atoms with van der Waals surface area (Å²) in [5, 5.41) is 2.14. The van der Waals surface area contributed by atoms with Crippen molar-refractivity contribution < 1.29 is 14.3 Å². The average molecular weight is 187 g/mol. The van der Waals surface area contributed by atoms with Gasteiger partial charge < -0.3 is 4.74 Å². The van der Waals surface area contributed by atoms with Crippen LogP contribution in [0.5, 0.6) is 0 Å². The molecular weight excluding hydrogens is 170 g/mol. The molecule has 0 bridgehead atoms. The highest BCUT2D eigenvalue weighted by Gasteiger charge is 2.18. The van der Waals surface area contributed by atoms with E-state index in [9.17, 15) is 9.59 Å². The molecule has 4 nitrogen and oxygen atoms in total. The Labute approximate surface area is 78.6 Å². The fraction of sp³-hybridized carbons (Fsp3) is 0.778. The van der Waals surface area contributed by atoms with Crippen LogP contribution in [-0.4, -0.2) is 17.6 Å². The number of imide groups is 1. The molecule has 13 heavy (non-hydrogen) atoms. The van der Waals surface area contributed by atoms with Crippen LogP contribution in [-0.2, 0) is 9.53 Å². The summed E-state index contributed by atoms with van der Waals surface area (Å²) in [6, 6.07) is 0. The molecule has 0 aromatic rings. The first-order valence-electron chi connectivity index (χ1n) is 4.26. The van der Waals surface area contributed by atoms with Crippen LogP contribution in [0.1, 0.15) is 34.6 Å². The molecule has 0 aliphatic rings. The summed E-state index contributed by atoms with van der Waals surface area (Å²) in [6.45, 7) is 8.64. The number of carbonyl (C=O) groups is 2. The minimum Gasteiger partial charge on any atom is -0.444 e. The molecule has 4 heteroatoms. The highest BCUT2D eigenvalue weighted by molar-refractivity contribution is 5.92. The van der Waals surface area contributed by atoms with Gasteiger partial charge in [0, 0.05) is 5.92 Å². The minimum atomic E-state index is -0.689. The van der Waals surface area contributed by atoms with Crippen molar-refractivity contribution in [2.24, 2.45) is 5.92 Å². The van der Waals surface area contributed by atoms with Crippen molar-refractivity contribution in [1.82, 2.24) is 5.32 Å². The standard InChI is InChI=1S/C9H17NO3/c1-6(2)7(11)10-8(12)13-9(3,4)5/h6H,1-5H3,(H,10,11,12). The maximum atomic E-state index is 11.0. The highest BCUT2D eigenvalue weighted by atomic mass is 16.6. The molecule has 0 fully saturated rings. The van der Waals surface area contributed by atoms with Crippen molar-refractivity contribution in [3.63, 3.8) is 0 Å². The molecule has 0 spiro atoms. The number of amides is 2. The number of ether oxygens (including phenoxy) is 1. The second-order valence-electron chi connectivity index (χ2n) is 4.15. The molecule has 0 aromatic heterocycles. The lowest BCUT2D eigenvalue weighted by Crippen LogP contribution is -2.38. The lowest BCUT2D eigenvalue weighted by molar-refractivity contribution is -0.123. The number of nitrogens with one attached hydrogen (secondary N) is 1. The summed E-state index contributed by atoms with van der Waals surface area (Å²) in [4.78, 5) is 22.0. The molecule has 0 unspecified atom stereocenters. The van der Waals surface area contributed by atoms with Crippen LogP contribution in [0.3, 0.4) is 0 Å². The Morgan fingerprint density at radius 1 is 1.23 bits per heavy atom. The Morgan fingerprint density at radius 3 is 2.00 bits per heavy atom. The molecule has 0 aromatic carbocycles. The maximum absolute atomic E-state index is 11.0. The van der Waals surface area contributed by atoms with Crippen molar-refractivity contribution >= 4 is 12.0 Å². The zero-order valence-corrected chi connectivity index (χ0v) is 8.80. The smallest absolute Gasteiger partial charge is 0.414 e. The van der Waals surface area contributed by atoms with Gasteiger partial charge in [-0.25, -0.2) is 4.79 Å². The summed E-state index contributed by atoms with van der Waals surface area (Å²) in [6.07, 6.45) is -0.689. The van der Waals surface area contributed by atoms with Gasteiger partial charge in [0.2, 0.25) is 5.91 Å². The van der Waals surface area contributed by atoms with Gasteiger partial charge in [0.05, 0.1) is 0 Å². The van der Waals surface area contributed by atoms with E-state index >= 15 is 0 Å². The summed E-state index contributed by atoms with van der Waals surface area (Å²) in [7, 11) is 0. The van der Waals surface area contributed by atoms with E-state index in [0.717, 1.165) is 0 Å². The molecule has 1 N–H and O–H groups in total. The molecule has 0 aliphatic carbocycles. The molecule has 0 rings (SSSR count). The zero-order chi connectivity index (χ0) is 10.6. The van der Waals surface area contributed by atoms with Crippen LogP contribution in [0, 0.1) is 5.92 Å². The van der Waals surface area contributed by atoms with Crippen LogP contribution in [0.25, 0.3) is 0 Å². The van der Waals surface area contributed by atoms with Gasteiger partial charge >= 0.3 is 6.09 Å². The third-order valence-corrected chi connectivity index (χ3v) is 1.15. The Hall–Kier alpha value is -1.06. The molecule has 0 saturated heterocycles. The van der Waals surface area contributed by atoms with Gasteiger partial charge in [0.25, 0.3) is 0 Å². The molecule has 76 valence electrons. The third kappa shape index (κ3) is 6.13. The van der Waals surface area contributed by atoms with Crippen molar-refractivity contribution in [3.8, 4) is 0 Å². The monoisotopic (exact) mass is 187 g/mol. The summed E-state index contributed by atoms with van der Waals surface area (Å²) >= 11 is 0. The van der Waals surface area contributed by atoms with E-state index in [-0.39, 0.29) is 11.8 Å². The summed E-state index contributed by atoms with van der Waals surface area (Å²) < 4.78 is 4.89. The second-order valence-corrected chi connectivity index (χ2v) is 4.15. The first kappa shape index (κ1) is 11.9. The molecule has 0 aliphatic heterocycles. The number of hydrogen-bond donors (Lipinski definition) is 1. The van der Waals surface area contributed by atoms with E-state index in [1.807, 2.05) is 0 Å². The van der Waals surface area contributed by atoms with Crippen molar-refractivity contribution in [2.45, 2.75) is 40.2 Å². The Balaban J connectivity index is 3.96. The van der Waals surface area contributed by atoms with Crippen LogP contribution in [0.15, 0.2) is 0 Å². The summed E-state index contributed by atoms with van der Waals surface area (Å²) in [5.41, 5.74) is -0.568. The fourth-order valence-electron chi connectivity index (χ4n) is 0.549. The van der Waals surface area contributed by atoms with Crippen LogP contribution < -0.4 is 5.32 Å². The first-order chi connectivity index (χ1) is 5.72. The minimum absolute atomic E-state index is 0.215. The van der Waals surface area contributed by atoms with Gasteiger partial charge in [-0.3, -0.25) is 10.1 Å². The highest BCUT2D eigenvalue weighted by Crippen LogP contribution is 2.06. The van der Waals surface area contributed by atoms with Crippen molar-refractivity contribution in [2.75, 3.05) is 0 Å². The molecular formula is C9H17NO3. The summed E-state index contributed by atoms with van der Waals surface area (Å²) in [5.74, 6) is -0.540. The van der Waals surface area contributed by atoms with Gasteiger partial charge in [-0.1, -0.05) is 13.8 Å². The number of alkyl carbamates (subject to hydrolysis) is 1. The molecule has 0 atom stereocenters. The van der Waals surface area contributed by atoms with Crippen LogP contribution in [0.4, 0.5) is 4.79 Å². The number of hydrogen-bond acceptors (Lipinski definition) is 3. The van der Waals surface area contributed by atoms with Gasteiger partial charge in [0.15, 0.2) is 0 Å². The predicted octanol–water partition coefficient (Wildman–Crippen LogP) is 1.69. The Morgan fingerprint density at radius 2 is 1.69 bits per heavy atom. The topological polar surface area (TPSA) is 55.4 Å². The van der Waals surface area contributed by atoms with Crippen LogP contribution in [0.2, 0.25) is 0 Å². The third-order valence-electron chi connectivity index (χ3n) is 1.15. The Bertz CT molecular complexity index is 203. The maximum Gasteiger partial charge on any atom is 0.414 e. The van der Waals surface area contributed by atoms with E-state index in [2.05, 4.69) is 5.32 Å². The molecule has 0 heterocycles. The van der Waals surface area contributed by atoms with E-state index in [1.54, 1.807) is 34.6 Å².